The molecule has 0 bridgehead atoms. The molecule has 0 saturated carbocycles. The van der Waals surface area contributed by atoms with Crippen LogP contribution in [-0.4, -0.2) is 40.8 Å². The topological polar surface area (TPSA) is 91.2 Å². The molecule has 6 nitrogen and oxygen atoms in total. The Balaban J connectivity index is 2.01. The summed E-state index contributed by atoms with van der Waals surface area (Å²) in [5.41, 5.74) is 1.13. The summed E-state index contributed by atoms with van der Waals surface area (Å²) in [5.74, 6) is -1.02. The van der Waals surface area contributed by atoms with Gasteiger partial charge in [0, 0.05) is 22.0 Å². The maximum absolute atomic E-state index is 12.3. The maximum Gasteiger partial charge on any atom is 0.475 e. The van der Waals surface area contributed by atoms with Gasteiger partial charge >= 0.3 is 7.12 Å². The van der Waals surface area contributed by atoms with Crippen molar-refractivity contribution in [1.82, 2.24) is 5.32 Å². The monoisotopic (exact) mass is 372 g/mol. The summed E-state index contributed by atoms with van der Waals surface area (Å²) >= 11 is 12.1. The number of hydrogen-bond acceptors (Lipinski definition) is 5. The number of carbonyl (C=O) groups is 1. The van der Waals surface area contributed by atoms with Crippen LogP contribution in [0.5, 0.6) is 0 Å². The number of halogens is 2. The van der Waals surface area contributed by atoms with Crippen molar-refractivity contribution in [2.45, 2.75) is 38.7 Å². The highest BCUT2D eigenvalue weighted by Gasteiger charge is 2.34. The van der Waals surface area contributed by atoms with Crippen molar-refractivity contribution in [3.05, 3.63) is 33.8 Å². The fraction of sp³-hybridized carbons (Fsp3) is 0.467. The number of benzene rings is 1. The van der Waals surface area contributed by atoms with Crippen molar-refractivity contribution >= 4 is 41.9 Å². The van der Waals surface area contributed by atoms with Gasteiger partial charge in [-0.1, -0.05) is 42.2 Å². The lowest BCUT2D eigenvalue weighted by Crippen LogP contribution is -2.50. The quantitative estimate of drug-likeness (QED) is 0.666. The number of rotatable bonds is 6. The summed E-state index contributed by atoms with van der Waals surface area (Å²) < 4.78 is 0. The molecule has 0 aromatic heterocycles. The van der Waals surface area contributed by atoms with E-state index in [2.05, 4.69) is 10.5 Å². The van der Waals surface area contributed by atoms with Crippen LogP contribution in [0.25, 0.3) is 0 Å². The molecule has 24 heavy (non-hydrogen) atoms. The van der Waals surface area contributed by atoms with Gasteiger partial charge in [-0.2, -0.15) is 0 Å². The lowest BCUT2D eigenvalue weighted by molar-refractivity contribution is -0.131. The van der Waals surface area contributed by atoms with E-state index in [0.717, 1.165) is 0 Å². The summed E-state index contributed by atoms with van der Waals surface area (Å²) in [5, 5.41) is 26.2. The van der Waals surface area contributed by atoms with E-state index in [1.807, 2.05) is 13.8 Å². The summed E-state index contributed by atoms with van der Waals surface area (Å²) in [6, 6.07) is 4.97. The zero-order chi connectivity index (χ0) is 17.9. The van der Waals surface area contributed by atoms with Crippen molar-refractivity contribution in [2.24, 2.45) is 11.1 Å². The molecule has 0 fully saturated rings. The molecular formula is C15H19BCl2N2O4. The van der Waals surface area contributed by atoms with Crippen LogP contribution < -0.4 is 5.32 Å². The molecule has 1 heterocycles. The van der Waals surface area contributed by atoms with Crippen LogP contribution in [0, 0.1) is 5.92 Å². The third kappa shape index (κ3) is 4.86. The van der Waals surface area contributed by atoms with E-state index in [4.69, 9.17) is 28.0 Å². The molecule has 1 aromatic rings. The predicted molar refractivity (Wildman–Crippen MR) is 94.1 cm³/mol. The van der Waals surface area contributed by atoms with Gasteiger partial charge in [0.25, 0.3) is 5.91 Å². The van der Waals surface area contributed by atoms with Crippen molar-refractivity contribution in [1.29, 1.82) is 0 Å². The third-order valence-electron chi connectivity index (χ3n) is 3.61. The maximum atomic E-state index is 12.3. The van der Waals surface area contributed by atoms with E-state index < -0.39 is 25.1 Å². The fourth-order valence-corrected chi connectivity index (χ4v) is 2.83. The molecule has 1 aliphatic rings. The van der Waals surface area contributed by atoms with Crippen molar-refractivity contribution in [2.75, 3.05) is 0 Å². The highest BCUT2D eigenvalue weighted by Crippen LogP contribution is 2.26. The molecule has 0 spiro atoms. The van der Waals surface area contributed by atoms with E-state index >= 15 is 0 Å². The zero-order valence-corrected chi connectivity index (χ0v) is 14.9. The summed E-state index contributed by atoms with van der Waals surface area (Å²) in [4.78, 5) is 17.5. The Kier molecular flexibility index (Phi) is 6.51. The number of oxime groups is 1. The van der Waals surface area contributed by atoms with Gasteiger partial charge in [-0.3, -0.25) is 4.79 Å². The number of amides is 1. The molecule has 2 atom stereocenters. The largest absolute Gasteiger partial charge is 0.475 e. The SMILES string of the molecule is CC(C)CC(NC(=O)C1CC(c2cc(Cl)ccc2Cl)=NO1)B(O)O. The van der Waals surface area contributed by atoms with Gasteiger partial charge in [-0.25, -0.2) is 0 Å². The summed E-state index contributed by atoms with van der Waals surface area (Å²) in [6.45, 7) is 3.85. The smallest absolute Gasteiger partial charge is 0.426 e. The number of nitrogens with one attached hydrogen (secondary N) is 1. The number of nitrogens with zero attached hydrogens (tertiary/aromatic N) is 1. The van der Waals surface area contributed by atoms with Crippen molar-refractivity contribution in [3.63, 3.8) is 0 Å². The highest BCUT2D eigenvalue weighted by atomic mass is 35.5. The predicted octanol–water partition coefficient (Wildman–Crippen LogP) is 2.03. The first-order valence-corrected chi connectivity index (χ1v) is 8.38. The Morgan fingerprint density at radius 2 is 2.17 bits per heavy atom. The Morgan fingerprint density at radius 1 is 1.46 bits per heavy atom. The zero-order valence-electron chi connectivity index (χ0n) is 13.4. The molecule has 2 rings (SSSR count). The molecule has 2 unspecified atom stereocenters. The lowest BCUT2D eigenvalue weighted by atomic mass is 9.75. The number of carbonyl (C=O) groups excluding carboxylic acids is 1. The summed E-state index contributed by atoms with van der Waals surface area (Å²) in [6.07, 6.45) is -0.186. The Hall–Kier alpha value is -1.28. The second-order valence-electron chi connectivity index (χ2n) is 6.12. The Morgan fingerprint density at radius 3 is 2.79 bits per heavy atom. The van der Waals surface area contributed by atoms with Crippen LogP contribution in [0.3, 0.4) is 0 Å². The van der Waals surface area contributed by atoms with Gasteiger partial charge in [0.05, 0.1) is 11.7 Å². The average Bonchev–Trinajstić information content (AvgIpc) is 2.98. The van der Waals surface area contributed by atoms with Gasteiger partial charge in [0.1, 0.15) is 0 Å². The van der Waals surface area contributed by atoms with Crippen molar-refractivity contribution < 1.29 is 19.7 Å². The van der Waals surface area contributed by atoms with E-state index in [1.165, 1.54) is 0 Å². The second kappa shape index (κ2) is 8.20. The first-order valence-electron chi connectivity index (χ1n) is 7.62. The van der Waals surface area contributed by atoms with Gasteiger partial charge in [0.2, 0.25) is 6.10 Å². The van der Waals surface area contributed by atoms with Gasteiger partial charge in [-0.05, 0) is 30.5 Å². The van der Waals surface area contributed by atoms with E-state index in [1.54, 1.807) is 18.2 Å². The highest BCUT2D eigenvalue weighted by molar-refractivity contribution is 6.43. The van der Waals surface area contributed by atoms with E-state index in [9.17, 15) is 14.8 Å². The average molecular weight is 373 g/mol. The third-order valence-corrected chi connectivity index (χ3v) is 4.18. The van der Waals surface area contributed by atoms with Gasteiger partial charge in [0.15, 0.2) is 0 Å². The molecule has 0 aliphatic carbocycles. The normalized spacial score (nSPS) is 18.1. The first-order chi connectivity index (χ1) is 11.3. The molecule has 1 amide bonds. The van der Waals surface area contributed by atoms with Crippen LogP contribution in [0.4, 0.5) is 0 Å². The van der Waals surface area contributed by atoms with E-state index in [-0.39, 0.29) is 12.3 Å². The molecule has 0 radical (unpaired) electrons. The Labute approximate surface area is 150 Å². The van der Waals surface area contributed by atoms with Crippen LogP contribution in [0.15, 0.2) is 23.4 Å². The second-order valence-corrected chi connectivity index (χ2v) is 6.96. The van der Waals surface area contributed by atoms with Gasteiger partial charge in [-0.15, -0.1) is 0 Å². The van der Waals surface area contributed by atoms with Crippen molar-refractivity contribution in [3.8, 4) is 0 Å². The fourth-order valence-electron chi connectivity index (χ4n) is 2.43. The van der Waals surface area contributed by atoms with Gasteiger partial charge < -0.3 is 20.2 Å². The number of hydrogen-bond donors (Lipinski definition) is 3. The minimum absolute atomic E-state index is 0.193. The Bertz CT molecular complexity index is 640. The van der Waals surface area contributed by atoms with E-state index in [0.29, 0.717) is 27.7 Å². The standard InChI is InChI=1S/C15H19BCl2N2O4/c1-8(2)5-14(16(22)23)19-15(21)13-7-12(20-24-13)10-6-9(17)3-4-11(10)18/h3-4,6,8,13-14,22-23H,5,7H2,1-2H3,(H,19,21). The molecular weight excluding hydrogens is 354 g/mol. The van der Waals surface area contributed by atoms with Crippen LogP contribution in [0.1, 0.15) is 32.3 Å². The molecule has 0 saturated heterocycles. The minimum Gasteiger partial charge on any atom is -0.426 e. The van der Waals surface area contributed by atoms with Crippen LogP contribution in [0.2, 0.25) is 10.0 Å². The summed E-state index contributed by atoms with van der Waals surface area (Å²) in [7, 11) is -1.64. The lowest BCUT2D eigenvalue weighted by Gasteiger charge is -2.20. The minimum atomic E-state index is -1.64. The first kappa shape index (κ1) is 19.1. The van der Waals surface area contributed by atoms with Crippen LogP contribution in [-0.2, 0) is 9.63 Å². The molecule has 130 valence electrons. The molecule has 1 aromatic carbocycles. The molecule has 1 aliphatic heterocycles. The van der Waals surface area contributed by atoms with Crippen LogP contribution >= 0.6 is 23.2 Å². The molecule has 9 heteroatoms. The molecule has 3 N–H and O–H groups in total.